The van der Waals surface area contributed by atoms with Gasteiger partial charge in [-0.1, -0.05) is 75.9 Å². The molecule has 41 nitrogen and oxygen atoms in total. The number of imide groups is 1. The first kappa shape index (κ1) is 97.0. The number of nitrogens with one attached hydrogen (secondary N) is 9. The Morgan fingerprint density at radius 1 is 0.735 bits per heavy atom. The van der Waals surface area contributed by atoms with Gasteiger partial charge in [0.2, 0.25) is 34.8 Å². The van der Waals surface area contributed by atoms with Crippen LogP contribution in [0.1, 0.15) is 169 Å². The van der Waals surface area contributed by atoms with Crippen LogP contribution in [0.4, 0.5) is 20.1 Å². The van der Waals surface area contributed by atoms with Gasteiger partial charge in [0.1, 0.15) is 97.0 Å². The summed E-state index contributed by atoms with van der Waals surface area (Å²) in [5, 5.41) is 41.4. The number of hydrogen-bond acceptors (Lipinski definition) is 32. The third-order valence-electron chi connectivity index (χ3n) is 20.9. The van der Waals surface area contributed by atoms with Crippen LogP contribution in [0.15, 0.2) is 106 Å². The number of benzene rings is 2. The van der Waals surface area contributed by atoms with E-state index in [0.717, 1.165) is 62.0 Å². The van der Waals surface area contributed by atoms with Crippen molar-refractivity contribution in [2.24, 2.45) is 23.1 Å². The quantitative estimate of drug-likeness (QED) is 0.00827. The zero-order valence-corrected chi connectivity index (χ0v) is 76.4. The van der Waals surface area contributed by atoms with E-state index in [4.69, 9.17) is 41.4 Å². The topological polar surface area (TPSA) is 598 Å². The number of aromatic nitrogens is 7. The van der Waals surface area contributed by atoms with Crippen molar-refractivity contribution in [2.45, 2.75) is 136 Å². The molecular weight excluding hydrogens is 1830 g/mol. The molecule has 0 saturated carbocycles. The van der Waals surface area contributed by atoms with Gasteiger partial charge in [0, 0.05) is 125 Å². The number of H-pyrrole nitrogens is 1. The molecule has 0 radical (unpaired) electrons. The summed E-state index contributed by atoms with van der Waals surface area (Å²) in [5.74, 6) is -9.22. The fraction of sp³-hybridized carbons (Fsp3) is 0.341. The number of primary amides is 3. The van der Waals surface area contributed by atoms with E-state index < -0.39 is 144 Å². The number of amides is 15. The van der Waals surface area contributed by atoms with Crippen molar-refractivity contribution >= 4 is 185 Å². The molecule has 5 atom stereocenters. The largest absolute Gasteiger partial charge is 0.506 e. The molecule has 1 fully saturated rings. The molecule has 2 aromatic carbocycles. The third kappa shape index (κ3) is 24.7. The van der Waals surface area contributed by atoms with Crippen molar-refractivity contribution in [3.63, 3.8) is 0 Å². The van der Waals surface area contributed by atoms with Crippen LogP contribution in [0.3, 0.4) is 0 Å². The number of nitrogens with zero attached hydrogens (tertiary/aromatic N) is 9. The average Bonchev–Trinajstić information content (AvgIpc) is 1.63. The van der Waals surface area contributed by atoms with E-state index in [1.54, 1.807) is 82.5 Å². The van der Waals surface area contributed by atoms with Crippen molar-refractivity contribution in [1.29, 1.82) is 0 Å². The molecule has 16 N–H and O–H groups in total. The summed E-state index contributed by atoms with van der Waals surface area (Å²) >= 11 is 6.05. The Kier molecular flexibility index (Phi) is 32.7. The highest BCUT2D eigenvalue weighted by atomic mass is 32.2. The first-order valence-electron chi connectivity index (χ1n) is 41.3. The molecule has 7 aromatic heterocycles. The summed E-state index contributed by atoms with van der Waals surface area (Å²) in [5.41, 5.74) is 18.4. The molecule has 132 heavy (non-hydrogen) atoms. The monoisotopic (exact) mass is 1920 g/mol. The summed E-state index contributed by atoms with van der Waals surface area (Å²) in [4.78, 5) is 249. The fourth-order valence-corrected chi connectivity index (χ4v) is 18.8. The van der Waals surface area contributed by atoms with Gasteiger partial charge in [-0.3, -0.25) is 62.4 Å². The number of cyclic esters (lactones) is 1. The molecule has 8 bridgehead atoms. The smallest absolute Gasteiger partial charge is 0.410 e. The zero-order chi connectivity index (χ0) is 94.7. The number of allylic oxidation sites excluding steroid dienone is 1. The Morgan fingerprint density at radius 2 is 1.42 bits per heavy atom. The van der Waals surface area contributed by atoms with E-state index in [0.29, 0.717) is 63.2 Å². The van der Waals surface area contributed by atoms with E-state index in [1.807, 2.05) is 0 Å². The van der Waals surface area contributed by atoms with Gasteiger partial charge < -0.3 is 93.8 Å². The molecule has 9 aromatic rings. The van der Waals surface area contributed by atoms with E-state index >= 15 is 0 Å². The number of nitrogens with two attached hydrogens (primary N) is 3. The van der Waals surface area contributed by atoms with Gasteiger partial charge in [-0.15, -0.1) is 56.7 Å². The van der Waals surface area contributed by atoms with Gasteiger partial charge in [-0.25, -0.2) is 49.1 Å². The van der Waals surface area contributed by atoms with Gasteiger partial charge >= 0.3 is 24.2 Å². The second kappa shape index (κ2) is 44.5. The Morgan fingerprint density at radius 3 is 2.10 bits per heavy atom. The van der Waals surface area contributed by atoms with Crippen LogP contribution >= 0.6 is 68.4 Å². The number of thiazole rings is 5. The van der Waals surface area contributed by atoms with E-state index in [1.165, 1.54) is 67.0 Å². The van der Waals surface area contributed by atoms with Gasteiger partial charge in [0.15, 0.2) is 0 Å². The van der Waals surface area contributed by atoms with E-state index in [-0.39, 0.29) is 166 Å². The molecule has 3 aliphatic rings. The number of unbranched alkanes of at least 4 members (excludes halogenated alkanes) is 2. The van der Waals surface area contributed by atoms with Crippen molar-refractivity contribution in [1.82, 2.24) is 86.8 Å². The molecular formula is C85H91N21O20S6. The number of pyridine rings is 1. The van der Waals surface area contributed by atoms with Crippen LogP contribution in [0.25, 0.3) is 49.3 Å². The second-order valence-corrected chi connectivity index (χ2v) is 35.9. The number of aromatic hydroxyl groups is 1. The highest BCUT2D eigenvalue weighted by Crippen LogP contribution is 2.42. The number of fused-ring (bicyclic) bond motifs is 10. The van der Waals surface area contributed by atoms with Gasteiger partial charge in [-0.2, -0.15) is 0 Å². The van der Waals surface area contributed by atoms with Crippen molar-refractivity contribution in [2.75, 3.05) is 50.3 Å². The molecule has 15 amide bonds. The molecule has 47 heteroatoms. The van der Waals surface area contributed by atoms with Crippen LogP contribution in [-0.2, 0) is 72.2 Å². The molecule has 10 heterocycles. The number of aryl methyl sites for hydroxylation is 2. The van der Waals surface area contributed by atoms with Gasteiger partial charge in [0.05, 0.1) is 28.1 Å². The Labute approximate surface area is 776 Å². The predicted octanol–water partition coefficient (Wildman–Crippen LogP) is 7.37. The number of urea groups is 1. The Hall–Kier alpha value is -14.0. The molecule has 3 aliphatic heterocycles. The number of esters is 1. The van der Waals surface area contributed by atoms with Crippen LogP contribution in [-0.4, -0.2) is 218 Å². The minimum Gasteiger partial charge on any atom is -0.506 e. The standard InChI is InChI=1S/C85H91N21O20S6/c1-7-48-71(113)95-49(8-2)78-100-57(39-131-78)75(117)97-52(79-98-54(37-130-79)70(87)112)33-59(126-85(123)105-29-27-104(28-30-105)84(122)125-34-44-18-20-46(21-19-44)91-72(114)51(16-13-25-89-83(88)121)96-76(118)65(41(3)4)102-60(108)17-10-9-11-26-106-62(109)22-23-63(106)110)81(119)124-35-45-14-12-15-50-64(45)42(5)66(93-50)82(120)127-31-24-61-92-53(36-128-61)67-47(77-99-56(38-129-77)74(116)94-48)32-58(107)68(103-67)80-101-55(40-132-80)73(115)90-43(6)69(86)111/h8,12,14-15,18-23,32,36-41,48,51-52,59,65,93,107H,6-7,9-11,13,16-17,24-31,33-35H2,1-5H3,(H2,86,111)(H2,87,112)(H,90,115)(H,91,114)(H,94,116)(H,95,113)(H,96,118)(H,97,117)(H,102,108)(H3,88,89,121)/b49-8-/t48-,51-,52-,59-,65-/m0/s1. The maximum absolute atomic E-state index is 15.0. The van der Waals surface area contributed by atoms with Crippen LogP contribution in [0.2, 0.25) is 0 Å². The summed E-state index contributed by atoms with van der Waals surface area (Å²) in [6, 6.07) is 7.13. The normalized spacial score (nSPS) is 16.7. The van der Waals surface area contributed by atoms with Gasteiger partial charge in [0.25, 0.3) is 41.4 Å². The van der Waals surface area contributed by atoms with Crippen molar-refractivity contribution in [3.8, 4) is 38.4 Å². The first-order valence-corrected chi connectivity index (χ1v) is 46.7. The highest BCUT2D eigenvalue weighted by Gasteiger charge is 2.38. The third-order valence-corrected chi connectivity index (χ3v) is 26.2. The molecule has 0 spiro atoms. The Balaban J connectivity index is 0.735. The summed E-state index contributed by atoms with van der Waals surface area (Å²) in [6.07, 6.45) is 1.69. The lowest BCUT2D eigenvalue weighted by atomic mass is 10.0. The number of piperazine rings is 1. The van der Waals surface area contributed by atoms with Crippen LogP contribution < -0.4 is 59.7 Å². The van der Waals surface area contributed by atoms with Crippen LogP contribution in [0.5, 0.6) is 5.75 Å². The molecule has 692 valence electrons. The minimum absolute atomic E-state index is 0.0256. The van der Waals surface area contributed by atoms with E-state index in [9.17, 15) is 81.8 Å². The second-order valence-electron chi connectivity index (χ2n) is 30.4. The molecule has 12 rings (SSSR count). The predicted molar refractivity (Wildman–Crippen MR) is 488 cm³/mol. The minimum atomic E-state index is -1.88. The number of carbonyl (C=O) groups excluding carboxylic acids is 16. The first-order chi connectivity index (χ1) is 63.2. The number of aromatic amines is 1. The van der Waals surface area contributed by atoms with E-state index in [2.05, 4.69) is 74.0 Å². The number of anilines is 1. The lowest BCUT2D eigenvalue weighted by molar-refractivity contribution is -0.156. The van der Waals surface area contributed by atoms with Gasteiger partial charge in [-0.05, 0) is 92.8 Å². The number of rotatable bonds is 26. The van der Waals surface area contributed by atoms with Crippen LogP contribution in [0, 0.1) is 12.8 Å². The lowest BCUT2D eigenvalue weighted by Gasteiger charge is -2.34. The molecule has 0 unspecified atom stereocenters. The number of carbonyl (C=O) groups is 16. The SMILES string of the molecule is C=C(NC(=O)c1csc(-c2nc3c(cc2O)-c2nc(cs2)C(=O)N[C@@H](CC)C(=O)N/C(=C\C)c2nc(cs2)C(=O)N[C@H](c2nc(C(N)=O)cs2)C[C@H](OC(=O)N2CCN(C(=O)OCc4ccc(NC(=O)[C@H](CCCNC(N)=O)NC(=O)[C@@H](NC(=O)CCCCCN5C(=O)C=CC5=O)C(C)C)cc4)CC2)C(=O)OCc2cccc4[nH]c(c(C)c24)C(=O)SCCc2nc-3cs2)n1)C(N)=O. The lowest BCUT2D eigenvalue weighted by Crippen LogP contribution is -2.54. The van der Waals surface area contributed by atoms with Crippen molar-refractivity contribution < 1.29 is 96.0 Å². The number of hydrogen-bond donors (Lipinski definition) is 13. The number of thioether (sulfide) groups is 1. The summed E-state index contributed by atoms with van der Waals surface area (Å²) in [6.45, 7) is 11.0. The highest BCUT2D eigenvalue weighted by molar-refractivity contribution is 8.14. The van der Waals surface area contributed by atoms with Crippen molar-refractivity contribution in [3.05, 3.63) is 166 Å². The Bertz CT molecular complexity index is 6020. The average molecular weight is 1920 g/mol. The summed E-state index contributed by atoms with van der Waals surface area (Å²) in [7, 11) is 0. The number of ether oxygens (including phenoxy) is 3. The fourth-order valence-electron chi connectivity index (χ4n) is 13.8. The summed E-state index contributed by atoms with van der Waals surface area (Å²) < 4.78 is 17.8. The zero-order valence-electron chi connectivity index (χ0n) is 71.5. The molecule has 0 aliphatic carbocycles. The molecule has 1 saturated heterocycles. The maximum atomic E-state index is 15.0. The maximum Gasteiger partial charge on any atom is 0.410 e.